The molecule has 0 aliphatic carbocycles. The van der Waals surface area contributed by atoms with Gasteiger partial charge in [-0.25, -0.2) is 9.67 Å². The van der Waals surface area contributed by atoms with Crippen LogP contribution in [0.15, 0.2) is 61.2 Å². The molecule has 3 rings (SSSR count). The molecule has 1 heterocycles. The van der Waals surface area contributed by atoms with Crippen molar-refractivity contribution in [3.05, 3.63) is 72.3 Å². The Labute approximate surface area is 145 Å². The molecule has 1 N–H and O–H groups in total. The molecule has 0 unspecified atom stereocenters. The molecular formula is C19H18N4O2. The highest BCUT2D eigenvalue weighted by atomic mass is 16.5. The van der Waals surface area contributed by atoms with E-state index in [1.165, 1.54) is 12.4 Å². The molecule has 0 aliphatic rings. The van der Waals surface area contributed by atoms with E-state index in [9.17, 15) is 4.79 Å². The van der Waals surface area contributed by atoms with Crippen LogP contribution >= 0.6 is 0 Å². The monoisotopic (exact) mass is 334 g/mol. The van der Waals surface area contributed by atoms with Crippen molar-refractivity contribution in [2.75, 3.05) is 12.4 Å². The molecule has 0 saturated carbocycles. The first kappa shape index (κ1) is 16.4. The fourth-order valence-corrected chi connectivity index (χ4v) is 2.37. The molecule has 3 aromatic rings. The fourth-order valence-electron chi connectivity index (χ4n) is 2.37. The summed E-state index contributed by atoms with van der Waals surface area (Å²) in [5.74, 6) is 0.518. The summed E-state index contributed by atoms with van der Waals surface area (Å²) in [4.78, 5) is 16.0. The third-order valence-electron chi connectivity index (χ3n) is 3.62. The smallest absolute Gasteiger partial charge is 0.248 e. The lowest BCUT2D eigenvalue weighted by Crippen LogP contribution is -2.07. The van der Waals surface area contributed by atoms with Crippen LogP contribution in [0.2, 0.25) is 0 Å². The normalized spacial score (nSPS) is 10.8. The molecule has 6 heteroatoms. The zero-order valence-corrected chi connectivity index (χ0v) is 14.0. The number of aromatic nitrogens is 3. The Balaban J connectivity index is 1.67. The topological polar surface area (TPSA) is 69.0 Å². The average Bonchev–Trinajstić information content (AvgIpc) is 3.15. The van der Waals surface area contributed by atoms with E-state index >= 15 is 0 Å². The fraction of sp³-hybridized carbons (Fsp3) is 0.105. The number of rotatable bonds is 5. The third kappa shape index (κ3) is 4.11. The van der Waals surface area contributed by atoms with Crippen molar-refractivity contribution in [1.82, 2.24) is 14.8 Å². The number of nitrogens with zero attached hydrogens (tertiary/aromatic N) is 3. The number of hydrogen-bond acceptors (Lipinski definition) is 4. The van der Waals surface area contributed by atoms with Gasteiger partial charge < -0.3 is 10.1 Å². The van der Waals surface area contributed by atoms with E-state index in [-0.39, 0.29) is 5.91 Å². The van der Waals surface area contributed by atoms with Crippen LogP contribution in [-0.2, 0) is 4.79 Å². The Hall–Kier alpha value is -3.41. The minimum atomic E-state index is -0.211. The second kappa shape index (κ2) is 7.44. The Morgan fingerprint density at radius 1 is 1.20 bits per heavy atom. The molecule has 0 fully saturated rings. The van der Waals surface area contributed by atoms with E-state index < -0.39 is 0 Å². The number of amides is 1. The van der Waals surface area contributed by atoms with Crippen molar-refractivity contribution in [3.8, 4) is 11.4 Å². The van der Waals surface area contributed by atoms with Crippen LogP contribution in [0.3, 0.4) is 0 Å². The third-order valence-corrected chi connectivity index (χ3v) is 3.62. The summed E-state index contributed by atoms with van der Waals surface area (Å²) >= 11 is 0. The van der Waals surface area contributed by atoms with E-state index in [2.05, 4.69) is 15.4 Å². The van der Waals surface area contributed by atoms with E-state index in [4.69, 9.17) is 4.74 Å². The number of carbonyl (C=O) groups excluding carboxylic acids is 1. The second-order valence-electron chi connectivity index (χ2n) is 5.45. The van der Waals surface area contributed by atoms with Gasteiger partial charge in [-0.3, -0.25) is 4.79 Å². The van der Waals surface area contributed by atoms with E-state index in [0.717, 1.165) is 22.6 Å². The summed E-state index contributed by atoms with van der Waals surface area (Å²) in [6, 6.07) is 13.2. The predicted molar refractivity (Wildman–Crippen MR) is 96.8 cm³/mol. The summed E-state index contributed by atoms with van der Waals surface area (Å²) in [6.45, 7) is 1.99. The quantitative estimate of drug-likeness (QED) is 0.727. The maximum Gasteiger partial charge on any atom is 0.248 e. The maximum absolute atomic E-state index is 12.1. The number of aryl methyl sites for hydroxylation is 1. The molecular weight excluding hydrogens is 316 g/mol. The molecule has 1 aromatic heterocycles. The minimum absolute atomic E-state index is 0.211. The SMILES string of the molecule is COc1ccc(C)cc1/C=C/C(=O)Nc1ccc(-n2cncn2)cc1. The number of anilines is 1. The molecule has 1 amide bonds. The van der Waals surface area contributed by atoms with Crippen LogP contribution in [0.4, 0.5) is 5.69 Å². The van der Waals surface area contributed by atoms with Gasteiger partial charge in [-0.1, -0.05) is 11.6 Å². The lowest BCUT2D eigenvalue weighted by atomic mass is 10.1. The van der Waals surface area contributed by atoms with Gasteiger partial charge in [-0.2, -0.15) is 5.10 Å². The zero-order chi connectivity index (χ0) is 17.6. The standard InChI is InChI=1S/C19H18N4O2/c1-14-3-9-18(25-2)15(11-14)4-10-19(24)22-16-5-7-17(8-6-16)23-13-20-12-21-23/h3-13H,1-2H3,(H,22,24)/b10-4+. The van der Waals surface area contributed by atoms with Crippen molar-refractivity contribution in [2.24, 2.45) is 0 Å². The largest absolute Gasteiger partial charge is 0.496 e. The summed E-state index contributed by atoms with van der Waals surface area (Å²) in [7, 11) is 1.61. The first-order chi connectivity index (χ1) is 12.2. The lowest BCUT2D eigenvalue weighted by molar-refractivity contribution is -0.111. The zero-order valence-electron chi connectivity index (χ0n) is 14.0. The lowest BCUT2D eigenvalue weighted by Gasteiger charge is -2.06. The second-order valence-corrected chi connectivity index (χ2v) is 5.45. The van der Waals surface area contributed by atoms with Gasteiger partial charge in [0, 0.05) is 17.3 Å². The van der Waals surface area contributed by atoms with Gasteiger partial charge in [0.15, 0.2) is 0 Å². The van der Waals surface area contributed by atoms with Crippen molar-refractivity contribution >= 4 is 17.7 Å². The average molecular weight is 334 g/mol. The number of nitrogens with one attached hydrogen (secondary N) is 1. The van der Waals surface area contributed by atoms with Crippen LogP contribution in [0, 0.1) is 6.92 Å². The number of hydrogen-bond donors (Lipinski definition) is 1. The van der Waals surface area contributed by atoms with Gasteiger partial charge in [0.1, 0.15) is 18.4 Å². The van der Waals surface area contributed by atoms with Crippen LogP contribution in [0.5, 0.6) is 5.75 Å². The van der Waals surface area contributed by atoms with Gasteiger partial charge in [-0.05, 0) is 49.4 Å². The maximum atomic E-state index is 12.1. The number of benzene rings is 2. The highest BCUT2D eigenvalue weighted by Crippen LogP contribution is 2.21. The van der Waals surface area contributed by atoms with Crippen molar-refractivity contribution in [1.29, 1.82) is 0 Å². The number of ether oxygens (including phenoxy) is 1. The van der Waals surface area contributed by atoms with Gasteiger partial charge in [0.05, 0.1) is 12.8 Å². The van der Waals surface area contributed by atoms with Gasteiger partial charge >= 0.3 is 0 Å². The van der Waals surface area contributed by atoms with Crippen molar-refractivity contribution in [2.45, 2.75) is 6.92 Å². The number of methoxy groups -OCH3 is 1. The molecule has 0 bridgehead atoms. The van der Waals surface area contributed by atoms with E-state index in [1.54, 1.807) is 24.2 Å². The molecule has 0 spiro atoms. The summed E-state index contributed by atoms with van der Waals surface area (Å²) in [5, 5.41) is 6.88. The van der Waals surface area contributed by atoms with Crippen LogP contribution in [0.25, 0.3) is 11.8 Å². The van der Waals surface area contributed by atoms with Crippen LogP contribution in [-0.4, -0.2) is 27.8 Å². The minimum Gasteiger partial charge on any atom is -0.496 e. The van der Waals surface area contributed by atoms with Gasteiger partial charge in [0.2, 0.25) is 5.91 Å². The molecule has 126 valence electrons. The first-order valence-electron chi connectivity index (χ1n) is 7.74. The Bertz CT molecular complexity index is 884. The molecule has 0 aliphatic heterocycles. The summed E-state index contributed by atoms with van der Waals surface area (Å²) in [5.41, 5.74) is 3.54. The van der Waals surface area contributed by atoms with Crippen molar-refractivity contribution < 1.29 is 9.53 Å². The Morgan fingerprint density at radius 2 is 2.00 bits per heavy atom. The highest BCUT2D eigenvalue weighted by Gasteiger charge is 2.03. The van der Waals surface area contributed by atoms with Crippen LogP contribution < -0.4 is 10.1 Å². The van der Waals surface area contributed by atoms with Gasteiger partial charge in [-0.15, -0.1) is 0 Å². The Kier molecular flexibility index (Phi) is 4.89. The summed E-state index contributed by atoms with van der Waals surface area (Å²) in [6.07, 6.45) is 6.32. The molecule has 0 radical (unpaired) electrons. The molecule has 0 atom stereocenters. The summed E-state index contributed by atoms with van der Waals surface area (Å²) < 4.78 is 6.95. The Morgan fingerprint density at radius 3 is 2.68 bits per heavy atom. The molecule has 25 heavy (non-hydrogen) atoms. The number of carbonyl (C=O) groups is 1. The van der Waals surface area contributed by atoms with Crippen molar-refractivity contribution in [3.63, 3.8) is 0 Å². The van der Waals surface area contributed by atoms with E-state index in [1.807, 2.05) is 49.4 Å². The molecule has 2 aromatic carbocycles. The first-order valence-corrected chi connectivity index (χ1v) is 7.74. The molecule has 0 saturated heterocycles. The van der Waals surface area contributed by atoms with E-state index in [0.29, 0.717) is 5.69 Å². The molecule has 6 nitrogen and oxygen atoms in total. The van der Waals surface area contributed by atoms with Crippen LogP contribution in [0.1, 0.15) is 11.1 Å². The highest BCUT2D eigenvalue weighted by molar-refractivity contribution is 6.02. The van der Waals surface area contributed by atoms with Gasteiger partial charge in [0.25, 0.3) is 0 Å². The predicted octanol–water partition coefficient (Wildman–Crippen LogP) is 3.24.